The first kappa shape index (κ1) is 14.8. The Bertz CT molecular complexity index is 453. The van der Waals surface area contributed by atoms with Gasteiger partial charge in [0.2, 0.25) is 0 Å². The number of carbonyl (C=O) groups is 2. The highest BCUT2D eigenvalue weighted by atomic mass is 79.9. The summed E-state index contributed by atoms with van der Waals surface area (Å²) in [5, 5.41) is 2.91. The molecule has 0 atom stereocenters. The maximum Gasteiger partial charge on any atom is 0.325 e. The number of halogens is 2. The molecule has 0 saturated carbocycles. The molecule has 0 aromatic heterocycles. The predicted octanol–water partition coefficient (Wildman–Crippen LogP) is 1.77. The number of esters is 1. The first-order valence-corrected chi connectivity index (χ1v) is 6.11. The predicted molar refractivity (Wildman–Crippen MR) is 69.7 cm³/mol. The molecule has 0 unspecified atom stereocenters. The molecular formula is C11H11BrClNO4. The molecule has 18 heavy (non-hydrogen) atoms. The number of benzene rings is 1. The van der Waals surface area contributed by atoms with Crippen LogP contribution in [0.1, 0.15) is 0 Å². The van der Waals surface area contributed by atoms with Crippen molar-refractivity contribution in [3.05, 3.63) is 27.7 Å². The number of hydrogen-bond donors (Lipinski definition) is 1. The SMILES string of the molecule is COC(=O)CNC(=O)COc1ccc(Cl)cc1Br. The quantitative estimate of drug-likeness (QED) is 0.832. The van der Waals surface area contributed by atoms with E-state index in [2.05, 4.69) is 26.0 Å². The van der Waals surface area contributed by atoms with Gasteiger partial charge in [-0.05, 0) is 34.1 Å². The minimum Gasteiger partial charge on any atom is -0.483 e. The Morgan fingerprint density at radius 3 is 2.78 bits per heavy atom. The fourth-order valence-corrected chi connectivity index (χ4v) is 1.83. The van der Waals surface area contributed by atoms with E-state index in [1.165, 1.54) is 7.11 Å². The Hall–Kier alpha value is -1.27. The van der Waals surface area contributed by atoms with Crippen molar-refractivity contribution in [3.63, 3.8) is 0 Å². The monoisotopic (exact) mass is 335 g/mol. The Morgan fingerprint density at radius 1 is 1.44 bits per heavy atom. The van der Waals surface area contributed by atoms with Gasteiger partial charge in [0.25, 0.3) is 5.91 Å². The molecule has 1 aromatic carbocycles. The molecule has 0 saturated heterocycles. The van der Waals surface area contributed by atoms with Crippen LogP contribution < -0.4 is 10.1 Å². The lowest BCUT2D eigenvalue weighted by atomic mass is 10.3. The molecule has 1 N–H and O–H groups in total. The molecular weight excluding hydrogens is 325 g/mol. The van der Waals surface area contributed by atoms with E-state index in [1.54, 1.807) is 18.2 Å². The number of amides is 1. The van der Waals surface area contributed by atoms with Gasteiger partial charge >= 0.3 is 5.97 Å². The summed E-state index contributed by atoms with van der Waals surface area (Å²) in [7, 11) is 1.25. The molecule has 0 heterocycles. The summed E-state index contributed by atoms with van der Waals surface area (Å²) in [5.41, 5.74) is 0. The van der Waals surface area contributed by atoms with E-state index >= 15 is 0 Å². The second kappa shape index (κ2) is 7.23. The van der Waals surface area contributed by atoms with E-state index in [0.717, 1.165) is 0 Å². The first-order valence-electron chi connectivity index (χ1n) is 4.94. The molecule has 0 fully saturated rings. The number of rotatable bonds is 5. The minimum atomic E-state index is -0.518. The zero-order valence-corrected chi connectivity index (χ0v) is 11.9. The smallest absolute Gasteiger partial charge is 0.325 e. The third kappa shape index (κ3) is 4.93. The van der Waals surface area contributed by atoms with Crippen molar-refractivity contribution in [1.29, 1.82) is 0 Å². The van der Waals surface area contributed by atoms with Crippen molar-refractivity contribution in [2.45, 2.75) is 0 Å². The van der Waals surface area contributed by atoms with Crippen LogP contribution in [0.4, 0.5) is 0 Å². The second-order valence-corrected chi connectivity index (χ2v) is 4.51. The van der Waals surface area contributed by atoms with Gasteiger partial charge in [-0.2, -0.15) is 0 Å². The molecule has 7 heteroatoms. The Morgan fingerprint density at radius 2 is 2.17 bits per heavy atom. The van der Waals surface area contributed by atoms with E-state index in [0.29, 0.717) is 15.2 Å². The van der Waals surface area contributed by atoms with Gasteiger partial charge in [-0.1, -0.05) is 11.6 Å². The highest BCUT2D eigenvalue weighted by molar-refractivity contribution is 9.10. The number of carbonyl (C=O) groups excluding carboxylic acids is 2. The Labute approximate surface area is 118 Å². The Kier molecular flexibility index (Phi) is 5.94. The van der Waals surface area contributed by atoms with Gasteiger partial charge in [-0.15, -0.1) is 0 Å². The lowest BCUT2D eigenvalue weighted by Gasteiger charge is -2.08. The van der Waals surface area contributed by atoms with E-state index in [4.69, 9.17) is 16.3 Å². The van der Waals surface area contributed by atoms with Crippen LogP contribution in [0.25, 0.3) is 0 Å². The maximum absolute atomic E-state index is 11.3. The van der Waals surface area contributed by atoms with Crippen LogP contribution in [-0.4, -0.2) is 32.1 Å². The molecule has 0 radical (unpaired) electrons. The van der Waals surface area contributed by atoms with Gasteiger partial charge in [0.05, 0.1) is 11.6 Å². The molecule has 0 aliphatic rings. The van der Waals surface area contributed by atoms with Crippen molar-refractivity contribution in [1.82, 2.24) is 5.32 Å². The number of ether oxygens (including phenoxy) is 2. The van der Waals surface area contributed by atoms with Crippen LogP contribution in [0.2, 0.25) is 5.02 Å². The Balaban J connectivity index is 2.40. The standard InChI is InChI=1S/C11H11BrClNO4/c1-17-11(16)5-14-10(15)6-18-9-3-2-7(13)4-8(9)12/h2-4H,5-6H2,1H3,(H,14,15). The van der Waals surface area contributed by atoms with E-state index < -0.39 is 11.9 Å². The zero-order chi connectivity index (χ0) is 13.5. The van der Waals surface area contributed by atoms with E-state index in [-0.39, 0.29) is 13.2 Å². The third-order valence-corrected chi connectivity index (χ3v) is 2.77. The highest BCUT2D eigenvalue weighted by Gasteiger charge is 2.07. The van der Waals surface area contributed by atoms with Gasteiger partial charge in [0, 0.05) is 5.02 Å². The van der Waals surface area contributed by atoms with Crippen molar-refractivity contribution < 1.29 is 19.1 Å². The number of nitrogens with one attached hydrogen (secondary N) is 1. The molecule has 0 aliphatic carbocycles. The van der Waals surface area contributed by atoms with Crippen LogP contribution >= 0.6 is 27.5 Å². The maximum atomic E-state index is 11.3. The molecule has 5 nitrogen and oxygen atoms in total. The molecule has 0 bridgehead atoms. The van der Waals surface area contributed by atoms with E-state index in [1.807, 2.05) is 0 Å². The van der Waals surface area contributed by atoms with Crippen molar-refractivity contribution >= 4 is 39.4 Å². The van der Waals surface area contributed by atoms with Gasteiger partial charge in [-0.3, -0.25) is 9.59 Å². The summed E-state index contributed by atoms with van der Waals surface area (Å²) in [6, 6.07) is 4.94. The average Bonchev–Trinajstić information content (AvgIpc) is 2.34. The van der Waals surface area contributed by atoms with Crippen LogP contribution in [0.3, 0.4) is 0 Å². The average molecular weight is 337 g/mol. The highest BCUT2D eigenvalue weighted by Crippen LogP contribution is 2.27. The molecule has 98 valence electrons. The van der Waals surface area contributed by atoms with Crippen LogP contribution in [0.5, 0.6) is 5.75 Å². The first-order chi connectivity index (χ1) is 8.52. The lowest BCUT2D eigenvalue weighted by Crippen LogP contribution is -2.33. The molecule has 1 rings (SSSR count). The summed E-state index contributed by atoms with van der Waals surface area (Å²) in [4.78, 5) is 22.1. The second-order valence-electron chi connectivity index (χ2n) is 3.22. The molecule has 0 aliphatic heterocycles. The van der Waals surface area contributed by atoms with Gasteiger partial charge in [0.15, 0.2) is 6.61 Å². The number of methoxy groups -OCH3 is 1. The largest absolute Gasteiger partial charge is 0.483 e. The lowest BCUT2D eigenvalue weighted by molar-refractivity contribution is -0.141. The molecule has 0 spiro atoms. The molecule has 1 amide bonds. The zero-order valence-electron chi connectivity index (χ0n) is 9.54. The summed E-state index contributed by atoms with van der Waals surface area (Å²) < 4.78 is 10.3. The summed E-state index contributed by atoms with van der Waals surface area (Å²) >= 11 is 9.02. The van der Waals surface area contributed by atoms with Crippen molar-refractivity contribution in [2.75, 3.05) is 20.3 Å². The van der Waals surface area contributed by atoms with Crippen LogP contribution in [0.15, 0.2) is 22.7 Å². The summed E-state index contributed by atoms with van der Waals surface area (Å²) in [6.07, 6.45) is 0. The summed E-state index contributed by atoms with van der Waals surface area (Å²) in [5.74, 6) is -0.439. The van der Waals surface area contributed by atoms with Gasteiger partial charge < -0.3 is 14.8 Å². The fourth-order valence-electron chi connectivity index (χ4n) is 1.03. The normalized spacial score (nSPS) is 9.72. The van der Waals surface area contributed by atoms with Gasteiger partial charge in [-0.25, -0.2) is 0 Å². The van der Waals surface area contributed by atoms with Crippen molar-refractivity contribution in [2.24, 2.45) is 0 Å². The van der Waals surface area contributed by atoms with Crippen LogP contribution in [0, 0.1) is 0 Å². The molecule has 1 aromatic rings. The minimum absolute atomic E-state index is 0.180. The summed E-state index contributed by atoms with van der Waals surface area (Å²) in [6.45, 7) is -0.377. The number of hydrogen-bond acceptors (Lipinski definition) is 4. The van der Waals surface area contributed by atoms with Crippen LogP contribution in [-0.2, 0) is 14.3 Å². The van der Waals surface area contributed by atoms with E-state index in [9.17, 15) is 9.59 Å². The third-order valence-electron chi connectivity index (χ3n) is 1.91. The van der Waals surface area contributed by atoms with Crippen molar-refractivity contribution in [3.8, 4) is 5.75 Å². The van der Waals surface area contributed by atoms with Gasteiger partial charge in [0.1, 0.15) is 12.3 Å². The fraction of sp³-hybridized carbons (Fsp3) is 0.273. The topological polar surface area (TPSA) is 64.6 Å².